The first-order chi connectivity index (χ1) is 11.5. The molecule has 0 amide bonds. The highest BCUT2D eigenvalue weighted by Gasteiger charge is 2.33. The molecule has 25 heavy (non-hydrogen) atoms. The molecule has 0 atom stereocenters. The zero-order valence-corrected chi connectivity index (χ0v) is 13.6. The van der Waals surface area contributed by atoms with E-state index < -0.39 is 23.3 Å². The highest BCUT2D eigenvalue weighted by atomic mass is 19.4. The molecule has 0 saturated carbocycles. The second-order valence-corrected chi connectivity index (χ2v) is 6.13. The van der Waals surface area contributed by atoms with Crippen LogP contribution in [0.2, 0.25) is 0 Å². The average Bonchev–Trinajstić information content (AvgIpc) is 2.51. The summed E-state index contributed by atoms with van der Waals surface area (Å²) in [6.07, 6.45) is -3.47. The number of aromatic carboxylic acids is 1. The number of rotatable bonds is 5. The van der Waals surface area contributed by atoms with Crippen LogP contribution in [0.4, 0.5) is 18.9 Å². The Bertz CT molecular complexity index is 783. The second-order valence-electron chi connectivity index (χ2n) is 6.13. The molecule has 2 rings (SSSR count). The summed E-state index contributed by atoms with van der Waals surface area (Å²) in [5, 5.41) is 21.7. The van der Waals surface area contributed by atoms with Gasteiger partial charge in [0.15, 0.2) is 5.69 Å². The molecule has 0 saturated heterocycles. The van der Waals surface area contributed by atoms with E-state index in [0.717, 1.165) is 12.3 Å². The molecule has 0 aliphatic carbocycles. The lowest BCUT2D eigenvalue weighted by atomic mass is 10.00. The number of nitrogens with zero attached hydrogens (tertiary/aromatic N) is 1. The van der Waals surface area contributed by atoms with Crippen LogP contribution in [-0.4, -0.2) is 33.3 Å². The fourth-order valence-electron chi connectivity index (χ4n) is 2.21. The van der Waals surface area contributed by atoms with Gasteiger partial charge in [-0.2, -0.15) is 13.2 Å². The molecule has 5 nitrogen and oxygen atoms in total. The van der Waals surface area contributed by atoms with Crippen molar-refractivity contribution in [1.82, 2.24) is 4.98 Å². The van der Waals surface area contributed by atoms with E-state index in [1.165, 1.54) is 38.1 Å². The molecule has 0 bridgehead atoms. The van der Waals surface area contributed by atoms with Gasteiger partial charge in [0.2, 0.25) is 0 Å². The number of aromatic nitrogens is 1. The summed E-state index contributed by atoms with van der Waals surface area (Å²) in [7, 11) is 0. The van der Waals surface area contributed by atoms with E-state index in [0.29, 0.717) is 0 Å². The van der Waals surface area contributed by atoms with Gasteiger partial charge in [-0.1, -0.05) is 18.2 Å². The summed E-state index contributed by atoms with van der Waals surface area (Å²) in [6.45, 7) is 3.02. The molecule has 2 aromatic rings. The van der Waals surface area contributed by atoms with Crippen molar-refractivity contribution in [3.63, 3.8) is 0 Å². The Morgan fingerprint density at radius 2 is 1.88 bits per heavy atom. The Morgan fingerprint density at radius 1 is 1.24 bits per heavy atom. The largest absolute Gasteiger partial charge is 0.476 e. The highest BCUT2D eigenvalue weighted by Crippen LogP contribution is 2.37. The van der Waals surface area contributed by atoms with E-state index >= 15 is 0 Å². The Labute approximate surface area is 142 Å². The number of nitrogens with one attached hydrogen (secondary N) is 1. The number of hydrogen-bond acceptors (Lipinski definition) is 4. The number of carboxylic acid groups (broad SMARTS) is 1. The number of alkyl halides is 3. The van der Waals surface area contributed by atoms with Crippen molar-refractivity contribution in [3.05, 3.63) is 47.8 Å². The van der Waals surface area contributed by atoms with E-state index in [1.54, 1.807) is 0 Å². The third kappa shape index (κ3) is 4.69. The topological polar surface area (TPSA) is 82.5 Å². The molecular formula is C17H17F3N2O3. The lowest BCUT2D eigenvalue weighted by molar-refractivity contribution is -0.137. The molecule has 3 N–H and O–H groups in total. The van der Waals surface area contributed by atoms with Crippen molar-refractivity contribution in [2.24, 2.45) is 0 Å². The fraction of sp³-hybridized carbons (Fsp3) is 0.294. The second kappa shape index (κ2) is 6.72. The molecule has 0 aliphatic heterocycles. The van der Waals surface area contributed by atoms with Gasteiger partial charge in [0.1, 0.15) is 0 Å². The Balaban J connectivity index is 2.53. The smallest absolute Gasteiger partial charge is 0.417 e. The van der Waals surface area contributed by atoms with E-state index in [1.807, 2.05) is 0 Å². The molecule has 1 aromatic carbocycles. The maximum absolute atomic E-state index is 13.2. The van der Waals surface area contributed by atoms with Crippen molar-refractivity contribution < 1.29 is 28.2 Å². The molecular weight excluding hydrogens is 337 g/mol. The van der Waals surface area contributed by atoms with Crippen LogP contribution < -0.4 is 5.32 Å². The number of aliphatic hydroxyl groups is 1. The third-order valence-electron chi connectivity index (χ3n) is 3.35. The predicted octanol–water partition coefficient (Wildman–Crippen LogP) is 3.65. The molecule has 0 unspecified atom stereocenters. The van der Waals surface area contributed by atoms with Gasteiger partial charge in [-0.05, 0) is 31.5 Å². The van der Waals surface area contributed by atoms with Crippen molar-refractivity contribution in [2.45, 2.75) is 25.6 Å². The SMILES string of the molecule is CC(C)(O)CNc1cc(-c2ccccc2C(F)(F)F)cnc1C(=O)O. The van der Waals surface area contributed by atoms with Crippen LogP contribution in [0, 0.1) is 0 Å². The van der Waals surface area contributed by atoms with E-state index in [-0.39, 0.29) is 29.1 Å². The van der Waals surface area contributed by atoms with Crippen LogP contribution in [0.3, 0.4) is 0 Å². The molecule has 0 fully saturated rings. The van der Waals surface area contributed by atoms with E-state index in [4.69, 9.17) is 0 Å². The van der Waals surface area contributed by atoms with Crippen LogP contribution in [0.1, 0.15) is 29.9 Å². The van der Waals surface area contributed by atoms with Crippen LogP contribution in [-0.2, 0) is 6.18 Å². The van der Waals surface area contributed by atoms with Crippen LogP contribution in [0.15, 0.2) is 36.5 Å². The number of halogens is 3. The van der Waals surface area contributed by atoms with Gasteiger partial charge in [0.05, 0.1) is 16.9 Å². The standard InChI is InChI=1S/C17H17F3N2O3/c1-16(2,25)9-22-13-7-10(8-21-14(13)15(23)24)11-5-3-4-6-12(11)17(18,19)20/h3-8,22,25H,9H2,1-2H3,(H,23,24). The lowest BCUT2D eigenvalue weighted by Gasteiger charge is -2.20. The Kier molecular flexibility index (Phi) is 5.03. The molecule has 8 heteroatoms. The monoisotopic (exact) mass is 354 g/mol. The normalized spacial score (nSPS) is 12.1. The fourth-order valence-corrected chi connectivity index (χ4v) is 2.21. The zero-order valence-electron chi connectivity index (χ0n) is 13.6. The summed E-state index contributed by atoms with van der Waals surface area (Å²) in [5.41, 5.74) is -2.27. The molecule has 0 aliphatic rings. The van der Waals surface area contributed by atoms with Crippen molar-refractivity contribution in [3.8, 4) is 11.1 Å². The number of anilines is 1. The number of carbonyl (C=O) groups is 1. The van der Waals surface area contributed by atoms with Gasteiger partial charge in [0, 0.05) is 18.3 Å². The molecule has 134 valence electrons. The number of benzene rings is 1. The number of carboxylic acids is 1. The van der Waals surface area contributed by atoms with Gasteiger partial charge >= 0.3 is 12.1 Å². The van der Waals surface area contributed by atoms with Gasteiger partial charge in [-0.3, -0.25) is 0 Å². The average molecular weight is 354 g/mol. The first kappa shape index (κ1) is 18.7. The minimum Gasteiger partial charge on any atom is -0.476 e. The van der Waals surface area contributed by atoms with Gasteiger partial charge in [-0.15, -0.1) is 0 Å². The summed E-state index contributed by atoms with van der Waals surface area (Å²) in [5.74, 6) is -1.33. The highest BCUT2D eigenvalue weighted by molar-refractivity contribution is 5.93. The summed E-state index contributed by atoms with van der Waals surface area (Å²) < 4.78 is 39.5. The summed E-state index contributed by atoms with van der Waals surface area (Å²) in [6, 6.07) is 6.26. The third-order valence-corrected chi connectivity index (χ3v) is 3.35. The lowest BCUT2D eigenvalue weighted by Crippen LogP contribution is -2.30. The van der Waals surface area contributed by atoms with Gasteiger partial charge in [0.25, 0.3) is 0 Å². The molecule has 0 spiro atoms. The van der Waals surface area contributed by atoms with E-state index in [9.17, 15) is 28.2 Å². The molecule has 0 radical (unpaired) electrons. The molecule has 1 heterocycles. The first-order valence-corrected chi connectivity index (χ1v) is 7.35. The summed E-state index contributed by atoms with van der Waals surface area (Å²) >= 11 is 0. The van der Waals surface area contributed by atoms with Gasteiger partial charge in [-0.25, -0.2) is 9.78 Å². The zero-order chi connectivity index (χ0) is 18.8. The van der Waals surface area contributed by atoms with Crippen molar-refractivity contribution >= 4 is 11.7 Å². The van der Waals surface area contributed by atoms with Gasteiger partial charge < -0.3 is 15.5 Å². The van der Waals surface area contributed by atoms with Crippen molar-refractivity contribution in [2.75, 3.05) is 11.9 Å². The Morgan fingerprint density at radius 3 is 2.44 bits per heavy atom. The number of hydrogen-bond donors (Lipinski definition) is 3. The Hall–Kier alpha value is -2.61. The maximum atomic E-state index is 13.2. The van der Waals surface area contributed by atoms with E-state index in [2.05, 4.69) is 10.3 Å². The number of pyridine rings is 1. The first-order valence-electron chi connectivity index (χ1n) is 7.35. The summed E-state index contributed by atoms with van der Waals surface area (Å²) in [4.78, 5) is 15.0. The quantitative estimate of drug-likeness (QED) is 0.763. The van der Waals surface area contributed by atoms with Crippen LogP contribution >= 0.6 is 0 Å². The minimum absolute atomic E-state index is 0.000664. The maximum Gasteiger partial charge on any atom is 0.417 e. The molecule has 1 aromatic heterocycles. The van der Waals surface area contributed by atoms with Crippen LogP contribution in [0.5, 0.6) is 0 Å². The minimum atomic E-state index is -4.55. The van der Waals surface area contributed by atoms with Crippen LogP contribution in [0.25, 0.3) is 11.1 Å². The predicted molar refractivity (Wildman–Crippen MR) is 86.4 cm³/mol. The van der Waals surface area contributed by atoms with Crippen molar-refractivity contribution in [1.29, 1.82) is 0 Å².